The second-order valence-electron chi connectivity index (χ2n) is 7.26. The molecule has 1 aliphatic carbocycles. The Morgan fingerprint density at radius 3 is 2.30 bits per heavy atom. The highest BCUT2D eigenvalue weighted by Gasteiger charge is 2.32. The SMILES string of the molecule is O=C(O)CC(NC(=O)OCC1c2ccccc2-c2ccccc21)C(=O)N1CCOC1. The average Bonchev–Trinajstić information content (AvgIpc) is 3.38. The summed E-state index contributed by atoms with van der Waals surface area (Å²) in [6.45, 7) is 0.916. The number of hydrogen-bond donors (Lipinski definition) is 2. The van der Waals surface area contributed by atoms with Gasteiger partial charge in [0.1, 0.15) is 19.4 Å². The summed E-state index contributed by atoms with van der Waals surface area (Å²) in [5.74, 6) is -1.81. The fourth-order valence-electron chi connectivity index (χ4n) is 3.97. The number of aliphatic carboxylic acids is 1. The summed E-state index contributed by atoms with van der Waals surface area (Å²) in [4.78, 5) is 37.5. The minimum Gasteiger partial charge on any atom is -0.481 e. The topological polar surface area (TPSA) is 105 Å². The van der Waals surface area contributed by atoms with Crippen molar-refractivity contribution in [3.8, 4) is 11.1 Å². The lowest BCUT2D eigenvalue weighted by molar-refractivity contribution is -0.142. The van der Waals surface area contributed by atoms with E-state index in [-0.39, 0.29) is 19.3 Å². The summed E-state index contributed by atoms with van der Waals surface area (Å²) in [5, 5.41) is 11.5. The zero-order valence-electron chi connectivity index (χ0n) is 16.2. The van der Waals surface area contributed by atoms with Gasteiger partial charge in [0.15, 0.2) is 0 Å². The van der Waals surface area contributed by atoms with Crippen LogP contribution in [0.4, 0.5) is 4.79 Å². The van der Waals surface area contributed by atoms with Crippen LogP contribution < -0.4 is 5.32 Å². The molecule has 2 N–H and O–H groups in total. The smallest absolute Gasteiger partial charge is 0.407 e. The van der Waals surface area contributed by atoms with E-state index in [9.17, 15) is 14.4 Å². The van der Waals surface area contributed by atoms with Crippen LogP contribution in [0.15, 0.2) is 48.5 Å². The van der Waals surface area contributed by atoms with E-state index < -0.39 is 30.4 Å². The Hall–Kier alpha value is -3.39. The second-order valence-corrected chi connectivity index (χ2v) is 7.26. The molecule has 1 fully saturated rings. The van der Waals surface area contributed by atoms with Gasteiger partial charge in [-0.05, 0) is 22.3 Å². The molecule has 0 aromatic heterocycles. The summed E-state index contributed by atoms with van der Waals surface area (Å²) in [5.41, 5.74) is 4.35. The third-order valence-electron chi connectivity index (χ3n) is 5.38. The van der Waals surface area contributed by atoms with Crippen molar-refractivity contribution in [3.05, 3.63) is 59.7 Å². The number of carboxylic acid groups (broad SMARTS) is 1. The average molecular weight is 410 g/mol. The molecule has 0 radical (unpaired) electrons. The zero-order chi connectivity index (χ0) is 21.1. The van der Waals surface area contributed by atoms with E-state index >= 15 is 0 Å². The molecule has 8 nitrogen and oxygen atoms in total. The largest absolute Gasteiger partial charge is 0.481 e. The number of amides is 2. The van der Waals surface area contributed by atoms with Crippen molar-refractivity contribution in [2.24, 2.45) is 0 Å². The molecule has 1 atom stereocenters. The molecular formula is C22H22N2O6. The highest BCUT2D eigenvalue weighted by molar-refractivity contribution is 5.89. The fourth-order valence-corrected chi connectivity index (χ4v) is 3.97. The van der Waals surface area contributed by atoms with E-state index in [0.29, 0.717) is 13.2 Å². The van der Waals surface area contributed by atoms with Crippen LogP contribution in [-0.4, -0.2) is 60.5 Å². The number of fused-ring (bicyclic) bond motifs is 3. The summed E-state index contributed by atoms with van der Waals surface area (Å²) < 4.78 is 10.6. The van der Waals surface area contributed by atoms with Crippen LogP contribution in [0.25, 0.3) is 11.1 Å². The number of nitrogens with one attached hydrogen (secondary N) is 1. The monoisotopic (exact) mass is 410 g/mol. The molecule has 2 amide bonds. The summed E-state index contributed by atoms with van der Waals surface area (Å²) in [6.07, 6.45) is -1.35. The maximum Gasteiger partial charge on any atom is 0.407 e. The van der Waals surface area contributed by atoms with E-state index in [1.165, 1.54) is 4.90 Å². The number of alkyl carbamates (subject to hydrolysis) is 1. The number of nitrogens with zero attached hydrogens (tertiary/aromatic N) is 1. The summed E-state index contributed by atoms with van der Waals surface area (Å²) in [6, 6.07) is 14.7. The van der Waals surface area contributed by atoms with E-state index in [4.69, 9.17) is 14.6 Å². The first-order chi connectivity index (χ1) is 14.5. The first-order valence-corrected chi connectivity index (χ1v) is 9.74. The van der Waals surface area contributed by atoms with E-state index in [0.717, 1.165) is 22.3 Å². The van der Waals surface area contributed by atoms with Crippen molar-refractivity contribution < 1.29 is 29.0 Å². The van der Waals surface area contributed by atoms with Gasteiger partial charge in [-0.15, -0.1) is 0 Å². The number of carboxylic acids is 1. The first kappa shape index (κ1) is 19.9. The van der Waals surface area contributed by atoms with Crippen molar-refractivity contribution in [2.75, 3.05) is 26.5 Å². The van der Waals surface area contributed by atoms with Crippen LogP contribution in [0, 0.1) is 0 Å². The van der Waals surface area contributed by atoms with Gasteiger partial charge in [0, 0.05) is 12.5 Å². The number of carbonyl (C=O) groups is 3. The van der Waals surface area contributed by atoms with E-state index in [1.807, 2.05) is 48.5 Å². The number of carbonyl (C=O) groups excluding carboxylic acids is 2. The van der Waals surface area contributed by atoms with Gasteiger partial charge in [0.25, 0.3) is 0 Å². The van der Waals surface area contributed by atoms with Crippen LogP contribution in [0.5, 0.6) is 0 Å². The van der Waals surface area contributed by atoms with Crippen molar-refractivity contribution in [1.82, 2.24) is 10.2 Å². The molecule has 2 aliphatic rings. The fraction of sp³-hybridized carbons (Fsp3) is 0.318. The third-order valence-corrected chi connectivity index (χ3v) is 5.38. The van der Waals surface area contributed by atoms with Gasteiger partial charge in [-0.3, -0.25) is 9.59 Å². The maximum absolute atomic E-state index is 12.5. The minimum atomic E-state index is -1.21. The Labute approximate surface area is 173 Å². The molecule has 0 spiro atoms. The standard InChI is InChI=1S/C22H22N2O6/c25-20(26)11-19(21(27)24-9-10-29-13-24)23-22(28)30-12-18-16-7-3-1-5-14(16)15-6-2-4-8-17(15)18/h1-8,18-19H,9-13H2,(H,23,28)(H,25,26). The summed E-state index contributed by atoms with van der Waals surface area (Å²) >= 11 is 0. The third kappa shape index (κ3) is 3.99. The highest BCUT2D eigenvalue weighted by Crippen LogP contribution is 2.44. The van der Waals surface area contributed by atoms with Crippen LogP contribution in [0.2, 0.25) is 0 Å². The molecule has 4 rings (SSSR count). The first-order valence-electron chi connectivity index (χ1n) is 9.74. The van der Waals surface area contributed by atoms with E-state index in [2.05, 4.69) is 5.32 Å². The van der Waals surface area contributed by atoms with Gasteiger partial charge in [-0.2, -0.15) is 0 Å². The van der Waals surface area contributed by atoms with Crippen LogP contribution in [0.3, 0.4) is 0 Å². The predicted octanol–water partition coefficient (Wildman–Crippen LogP) is 2.18. The zero-order valence-corrected chi connectivity index (χ0v) is 16.2. The Balaban J connectivity index is 1.43. The van der Waals surface area contributed by atoms with Gasteiger partial charge in [0.2, 0.25) is 5.91 Å². The molecule has 2 aromatic carbocycles. The molecule has 0 saturated carbocycles. The van der Waals surface area contributed by atoms with Gasteiger partial charge >= 0.3 is 12.1 Å². The number of ether oxygens (including phenoxy) is 2. The quantitative estimate of drug-likeness (QED) is 0.756. The summed E-state index contributed by atoms with van der Waals surface area (Å²) in [7, 11) is 0. The second kappa shape index (κ2) is 8.54. The van der Waals surface area contributed by atoms with Crippen LogP contribution in [-0.2, 0) is 19.1 Å². The van der Waals surface area contributed by atoms with Crippen molar-refractivity contribution >= 4 is 18.0 Å². The normalized spacial score (nSPS) is 15.9. The van der Waals surface area contributed by atoms with Crippen molar-refractivity contribution in [3.63, 3.8) is 0 Å². The predicted molar refractivity (Wildman–Crippen MR) is 107 cm³/mol. The molecule has 8 heteroatoms. The number of rotatable bonds is 6. The Kier molecular flexibility index (Phi) is 5.67. The van der Waals surface area contributed by atoms with Crippen molar-refractivity contribution in [1.29, 1.82) is 0 Å². The molecule has 1 saturated heterocycles. The van der Waals surface area contributed by atoms with Crippen molar-refractivity contribution in [2.45, 2.75) is 18.4 Å². The Bertz CT molecular complexity index is 924. The molecule has 1 aliphatic heterocycles. The van der Waals surface area contributed by atoms with Crippen LogP contribution >= 0.6 is 0 Å². The lowest BCUT2D eigenvalue weighted by atomic mass is 9.98. The Morgan fingerprint density at radius 1 is 1.10 bits per heavy atom. The molecular weight excluding hydrogens is 388 g/mol. The van der Waals surface area contributed by atoms with Gasteiger partial charge in [0.05, 0.1) is 13.0 Å². The van der Waals surface area contributed by atoms with Gasteiger partial charge < -0.3 is 24.8 Å². The van der Waals surface area contributed by atoms with Crippen LogP contribution in [0.1, 0.15) is 23.5 Å². The number of hydrogen-bond acceptors (Lipinski definition) is 5. The lowest BCUT2D eigenvalue weighted by Gasteiger charge is -2.22. The number of benzene rings is 2. The molecule has 1 heterocycles. The molecule has 2 aromatic rings. The Morgan fingerprint density at radius 2 is 1.73 bits per heavy atom. The molecule has 30 heavy (non-hydrogen) atoms. The maximum atomic E-state index is 12.5. The highest BCUT2D eigenvalue weighted by atomic mass is 16.5. The van der Waals surface area contributed by atoms with E-state index in [1.54, 1.807) is 0 Å². The van der Waals surface area contributed by atoms with Gasteiger partial charge in [-0.1, -0.05) is 48.5 Å². The molecule has 156 valence electrons. The lowest BCUT2D eigenvalue weighted by Crippen LogP contribution is -2.49. The minimum absolute atomic E-state index is 0.0840. The van der Waals surface area contributed by atoms with Gasteiger partial charge in [-0.25, -0.2) is 4.79 Å². The molecule has 1 unspecified atom stereocenters. The molecule has 0 bridgehead atoms.